The molecule has 11 heteroatoms. The molecule has 0 spiro atoms. The normalized spacial score (nSPS) is 24.2. The summed E-state index contributed by atoms with van der Waals surface area (Å²) in [6, 6.07) is 69.5. The van der Waals surface area contributed by atoms with Crippen LogP contribution in [0, 0.1) is 0 Å². The average Bonchev–Trinajstić information content (AvgIpc) is 3.44. The first kappa shape index (κ1) is 51.0. The van der Waals surface area contributed by atoms with Gasteiger partial charge < -0.3 is 52.5 Å². The van der Waals surface area contributed by atoms with Crippen molar-refractivity contribution in [3.8, 4) is 0 Å². The van der Waals surface area contributed by atoms with Crippen molar-refractivity contribution in [1.82, 2.24) is 0 Å². The second-order valence-electron chi connectivity index (χ2n) is 18.0. The Balaban J connectivity index is 1.09. The number of aliphatic hydroxyl groups excluding tert-OH is 1. The van der Waals surface area contributed by atoms with E-state index in [9.17, 15) is 5.11 Å². The molecule has 2 saturated heterocycles. The lowest BCUT2D eigenvalue weighted by Crippen LogP contribution is -2.66. The lowest BCUT2D eigenvalue weighted by Gasteiger charge is -2.49. The van der Waals surface area contributed by atoms with E-state index in [-0.39, 0.29) is 46.2 Å². The van der Waals surface area contributed by atoms with Gasteiger partial charge in [0.05, 0.1) is 59.5 Å². The Morgan fingerprint density at radius 3 is 0.972 bits per heavy atom. The Bertz CT molecular complexity index is 2550. The summed E-state index contributed by atoms with van der Waals surface area (Å²) in [7, 11) is 0. The van der Waals surface area contributed by atoms with Crippen molar-refractivity contribution in [2.24, 2.45) is 0 Å². The van der Waals surface area contributed by atoms with Gasteiger partial charge in [0.2, 0.25) is 0 Å². The van der Waals surface area contributed by atoms with Gasteiger partial charge in [0.15, 0.2) is 12.6 Å². The summed E-state index contributed by atoms with van der Waals surface area (Å²) in [6.07, 6.45) is -9.47. The highest BCUT2D eigenvalue weighted by Gasteiger charge is 2.54. The molecule has 0 radical (unpaired) electrons. The molecule has 1 N–H and O–H groups in total. The SMILES string of the molecule is O[C@H]1[C@H](OCc2ccccc2)[C@@H](OCc2ccccc2)[C@H](O[C@H]2[C@H](OCc3ccccc3)[C@@H](OCc3ccccc3)[C@H](OCc3ccccc3)O[C@@H]2COCc2ccccc2)O[C@@H]1COCc1ccccc1. The Labute approximate surface area is 423 Å². The molecule has 2 aliphatic rings. The highest BCUT2D eigenvalue weighted by atomic mass is 16.8. The summed E-state index contributed by atoms with van der Waals surface area (Å²) < 4.78 is 68.6. The molecule has 9 rings (SSSR count). The smallest absolute Gasteiger partial charge is 0.187 e. The fourth-order valence-corrected chi connectivity index (χ4v) is 8.89. The lowest BCUT2D eigenvalue weighted by atomic mass is 9.96. The van der Waals surface area contributed by atoms with Gasteiger partial charge >= 0.3 is 0 Å². The Morgan fingerprint density at radius 1 is 0.292 bits per heavy atom. The largest absolute Gasteiger partial charge is 0.387 e. The minimum Gasteiger partial charge on any atom is -0.387 e. The van der Waals surface area contributed by atoms with Crippen molar-refractivity contribution >= 4 is 0 Å². The summed E-state index contributed by atoms with van der Waals surface area (Å²) in [5, 5.41) is 12.4. The molecule has 2 aliphatic heterocycles. The maximum absolute atomic E-state index is 12.4. The summed E-state index contributed by atoms with van der Waals surface area (Å²) in [6.45, 7) is 1.81. The Kier molecular flexibility index (Phi) is 19.3. The second-order valence-corrected chi connectivity index (χ2v) is 18.0. The summed E-state index contributed by atoms with van der Waals surface area (Å²) in [5.41, 5.74) is 6.72. The van der Waals surface area contributed by atoms with Gasteiger partial charge in [-0.25, -0.2) is 0 Å². The first-order valence-corrected chi connectivity index (χ1v) is 24.8. The van der Waals surface area contributed by atoms with Crippen LogP contribution in [0.25, 0.3) is 0 Å². The van der Waals surface area contributed by atoms with Crippen molar-refractivity contribution in [3.05, 3.63) is 251 Å². The van der Waals surface area contributed by atoms with E-state index in [4.69, 9.17) is 47.4 Å². The zero-order valence-electron chi connectivity index (χ0n) is 40.4. The first-order valence-electron chi connectivity index (χ1n) is 24.8. The summed E-state index contributed by atoms with van der Waals surface area (Å²) in [5.74, 6) is 0. The number of hydrogen-bond acceptors (Lipinski definition) is 11. The third-order valence-electron chi connectivity index (χ3n) is 12.7. The minimum absolute atomic E-state index is 0.0312. The van der Waals surface area contributed by atoms with Crippen LogP contribution in [0.5, 0.6) is 0 Å². The maximum Gasteiger partial charge on any atom is 0.187 e. The number of aliphatic hydroxyl groups is 1. The predicted octanol–water partition coefficient (Wildman–Crippen LogP) is 10.2. The molecular weight excluding hydrogens is 909 g/mol. The van der Waals surface area contributed by atoms with Crippen molar-refractivity contribution in [3.63, 3.8) is 0 Å². The van der Waals surface area contributed by atoms with Crippen LogP contribution in [-0.2, 0) is 93.6 Å². The fraction of sp³-hybridized carbons (Fsp3) is 0.311. The Morgan fingerprint density at radius 2 is 0.583 bits per heavy atom. The van der Waals surface area contributed by atoms with Gasteiger partial charge in [-0.05, 0) is 38.9 Å². The molecule has 374 valence electrons. The maximum atomic E-state index is 12.4. The molecule has 0 amide bonds. The highest BCUT2D eigenvalue weighted by molar-refractivity contribution is 5.19. The van der Waals surface area contributed by atoms with E-state index in [1.165, 1.54) is 0 Å². The molecular formula is C61H64O11. The quantitative estimate of drug-likeness (QED) is 0.0591. The number of hydrogen-bond donors (Lipinski definition) is 1. The molecule has 0 bridgehead atoms. The van der Waals surface area contributed by atoms with Crippen molar-refractivity contribution in [1.29, 1.82) is 0 Å². The highest BCUT2D eigenvalue weighted by Crippen LogP contribution is 2.36. The molecule has 0 aromatic heterocycles. The van der Waals surface area contributed by atoms with Crippen LogP contribution in [0.1, 0.15) is 38.9 Å². The predicted molar refractivity (Wildman–Crippen MR) is 272 cm³/mol. The van der Waals surface area contributed by atoms with E-state index in [1.807, 2.05) is 212 Å². The molecule has 2 heterocycles. The molecule has 7 aromatic carbocycles. The molecule has 11 nitrogen and oxygen atoms in total. The molecule has 0 saturated carbocycles. The van der Waals surface area contributed by atoms with Crippen LogP contribution in [0.2, 0.25) is 0 Å². The number of benzene rings is 7. The third-order valence-corrected chi connectivity index (χ3v) is 12.7. The minimum atomic E-state index is -1.18. The molecule has 10 atom stereocenters. The van der Waals surface area contributed by atoms with Gasteiger partial charge in [0.1, 0.15) is 48.8 Å². The summed E-state index contributed by atoms with van der Waals surface area (Å²) in [4.78, 5) is 0. The molecule has 2 fully saturated rings. The number of ether oxygens (including phenoxy) is 10. The van der Waals surface area contributed by atoms with Crippen LogP contribution in [0.3, 0.4) is 0 Å². The van der Waals surface area contributed by atoms with Gasteiger partial charge in [-0.15, -0.1) is 0 Å². The van der Waals surface area contributed by atoms with E-state index < -0.39 is 61.4 Å². The van der Waals surface area contributed by atoms with Gasteiger partial charge in [0, 0.05) is 0 Å². The van der Waals surface area contributed by atoms with Gasteiger partial charge in [0.25, 0.3) is 0 Å². The van der Waals surface area contributed by atoms with Gasteiger partial charge in [-0.3, -0.25) is 0 Å². The summed E-state index contributed by atoms with van der Waals surface area (Å²) >= 11 is 0. The fourth-order valence-electron chi connectivity index (χ4n) is 8.89. The second kappa shape index (κ2) is 27.2. The molecule has 72 heavy (non-hydrogen) atoms. The van der Waals surface area contributed by atoms with Crippen LogP contribution in [0.15, 0.2) is 212 Å². The number of rotatable bonds is 25. The van der Waals surface area contributed by atoms with Gasteiger partial charge in [-0.2, -0.15) is 0 Å². The zero-order chi connectivity index (χ0) is 49.0. The lowest BCUT2D eigenvalue weighted by molar-refractivity contribution is -0.376. The standard InChI is InChI=1S/C61H64O11/c62-54-52(43-63-36-45-22-8-1-9-23-45)70-61(58(67-40-49-30-16-5-17-31-49)56(54)65-38-47-26-12-3-13-27-47)72-55-53(44-64-37-46-24-10-2-11-25-46)71-60(69-42-51-34-20-7-21-35-51)59(68-41-50-32-18-6-19-33-50)57(55)66-39-48-28-14-4-15-29-48/h1-35,52-62H,36-44H2/t52-,53-,54-,55-,56+,57+,58-,59-,60-,61+/m1/s1. The third kappa shape index (κ3) is 14.8. The molecule has 0 unspecified atom stereocenters. The van der Waals surface area contributed by atoms with E-state index in [0.29, 0.717) is 13.2 Å². The molecule has 7 aromatic rings. The van der Waals surface area contributed by atoms with Crippen molar-refractivity contribution in [2.45, 2.75) is 108 Å². The van der Waals surface area contributed by atoms with Crippen molar-refractivity contribution in [2.75, 3.05) is 13.2 Å². The van der Waals surface area contributed by atoms with Gasteiger partial charge in [-0.1, -0.05) is 212 Å². The molecule has 0 aliphatic carbocycles. The monoisotopic (exact) mass is 972 g/mol. The van der Waals surface area contributed by atoms with Crippen LogP contribution >= 0.6 is 0 Å². The van der Waals surface area contributed by atoms with Crippen LogP contribution in [0.4, 0.5) is 0 Å². The van der Waals surface area contributed by atoms with E-state index in [0.717, 1.165) is 38.9 Å². The first-order chi connectivity index (χ1) is 35.6. The van der Waals surface area contributed by atoms with Crippen LogP contribution < -0.4 is 0 Å². The van der Waals surface area contributed by atoms with E-state index in [2.05, 4.69) is 0 Å². The van der Waals surface area contributed by atoms with E-state index >= 15 is 0 Å². The van der Waals surface area contributed by atoms with E-state index in [1.54, 1.807) is 0 Å². The van der Waals surface area contributed by atoms with Crippen LogP contribution in [-0.4, -0.2) is 79.7 Å². The zero-order valence-corrected chi connectivity index (χ0v) is 40.4. The average molecular weight is 973 g/mol. The Hall–Kier alpha value is -5.90. The topological polar surface area (TPSA) is 113 Å². The van der Waals surface area contributed by atoms with Crippen molar-refractivity contribution < 1.29 is 52.5 Å².